The number of guanidine groups is 1. The molecule has 164 valence electrons. The Morgan fingerprint density at radius 1 is 1.17 bits per heavy atom. The van der Waals surface area contributed by atoms with Crippen molar-refractivity contribution in [1.29, 1.82) is 0 Å². The molecule has 0 spiro atoms. The van der Waals surface area contributed by atoms with Crippen LogP contribution in [-0.4, -0.2) is 74.7 Å². The zero-order chi connectivity index (χ0) is 19.8. The first-order valence-electron chi connectivity index (χ1n) is 10.8. The topological polar surface area (TPSA) is 52.1 Å². The van der Waals surface area contributed by atoms with Crippen LogP contribution in [0.5, 0.6) is 5.75 Å². The van der Waals surface area contributed by atoms with Crippen molar-refractivity contribution in [2.24, 2.45) is 10.9 Å². The molecule has 2 fully saturated rings. The fourth-order valence-electron chi connectivity index (χ4n) is 3.41. The molecule has 2 N–H and O–H groups in total. The van der Waals surface area contributed by atoms with E-state index in [0.717, 1.165) is 69.1 Å². The van der Waals surface area contributed by atoms with Gasteiger partial charge in [-0.15, -0.1) is 24.0 Å². The van der Waals surface area contributed by atoms with Crippen LogP contribution in [0.25, 0.3) is 0 Å². The summed E-state index contributed by atoms with van der Waals surface area (Å²) in [6.45, 7) is 12.2. The lowest BCUT2D eigenvalue weighted by Crippen LogP contribution is -2.52. The first-order chi connectivity index (χ1) is 13.7. The smallest absolute Gasteiger partial charge is 0.191 e. The SMILES string of the molecule is CCNC(=NCc1ccccc1OCC1CC1)NCC(C)N1CCN(C)CC1.I. The zero-order valence-corrected chi connectivity index (χ0v) is 20.5. The predicted molar refractivity (Wildman–Crippen MR) is 131 cm³/mol. The maximum Gasteiger partial charge on any atom is 0.191 e. The summed E-state index contributed by atoms with van der Waals surface area (Å²) in [5.41, 5.74) is 1.15. The number of hydrogen-bond acceptors (Lipinski definition) is 4. The van der Waals surface area contributed by atoms with Gasteiger partial charge in [-0.05, 0) is 45.7 Å². The average molecular weight is 515 g/mol. The molecular weight excluding hydrogens is 477 g/mol. The number of aliphatic imine (C=N–C) groups is 1. The average Bonchev–Trinajstić information content (AvgIpc) is 3.54. The largest absolute Gasteiger partial charge is 0.493 e. The minimum Gasteiger partial charge on any atom is -0.493 e. The van der Waals surface area contributed by atoms with Crippen molar-refractivity contribution in [2.75, 3.05) is 52.9 Å². The van der Waals surface area contributed by atoms with Gasteiger partial charge >= 0.3 is 0 Å². The molecule has 1 aliphatic heterocycles. The number of nitrogens with zero attached hydrogens (tertiary/aromatic N) is 3. The highest BCUT2D eigenvalue weighted by molar-refractivity contribution is 14.0. The third kappa shape index (κ3) is 8.30. The van der Waals surface area contributed by atoms with Crippen molar-refractivity contribution >= 4 is 29.9 Å². The van der Waals surface area contributed by atoms with Gasteiger partial charge < -0.3 is 20.3 Å². The van der Waals surface area contributed by atoms with Crippen molar-refractivity contribution in [3.63, 3.8) is 0 Å². The highest BCUT2D eigenvalue weighted by Gasteiger charge is 2.22. The molecule has 1 aromatic carbocycles. The zero-order valence-electron chi connectivity index (χ0n) is 18.2. The maximum atomic E-state index is 6.02. The second kappa shape index (κ2) is 12.6. The minimum absolute atomic E-state index is 0. The van der Waals surface area contributed by atoms with Crippen molar-refractivity contribution < 1.29 is 4.74 Å². The number of benzene rings is 1. The van der Waals surface area contributed by atoms with Gasteiger partial charge in [-0.25, -0.2) is 4.99 Å². The first-order valence-corrected chi connectivity index (χ1v) is 10.8. The van der Waals surface area contributed by atoms with E-state index in [1.807, 2.05) is 6.07 Å². The number of piperazine rings is 1. The fourth-order valence-corrected chi connectivity index (χ4v) is 3.41. The lowest BCUT2D eigenvalue weighted by atomic mass is 10.2. The van der Waals surface area contributed by atoms with Gasteiger partial charge in [-0.1, -0.05) is 18.2 Å². The van der Waals surface area contributed by atoms with E-state index in [2.05, 4.69) is 59.5 Å². The molecule has 1 aliphatic carbocycles. The lowest BCUT2D eigenvalue weighted by molar-refractivity contribution is 0.120. The molecule has 1 aromatic rings. The summed E-state index contributed by atoms with van der Waals surface area (Å²) < 4.78 is 6.02. The Kier molecular flexibility index (Phi) is 10.5. The fraction of sp³-hybridized carbons (Fsp3) is 0.682. The molecule has 0 amide bonds. The standard InChI is InChI=1S/C22H37N5O.HI/c1-4-23-22(24-15-18(2)27-13-11-26(3)12-14-27)25-16-20-7-5-6-8-21(20)28-17-19-9-10-19;/h5-8,18-19H,4,9-17H2,1-3H3,(H2,23,24,25);1H. The number of halogens is 1. The molecule has 6 nitrogen and oxygen atoms in total. The molecule has 3 rings (SSSR count). The molecule has 2 aliphatic rings. The number of likely N-dealkylation sites (N-methyl/N-ethyl adjacent to an activating group) is 1. The normalized spacial score (nSPS) is 19.3. The Bertz CT molecular complexity index is 629. The van der Waals surface area contributed by atoms with Crippen LogP contribution in [0.15, 0.2) is 29.3 Å². The van der Waals surface area contributed by atoms with Crippen LogP contribution in [0.2, 0.25) is 0 Å². The summed E-state index contributed by atoms with van der Waals surface area (Å²) in [4.78, 5) is 9.75. The molecule has 0 bridgehead atoms. The third-order valence-electron chi connectivity index (χ3n) is 5.62. The van der Waals surface area contributed by atoms with Crippen LogP contribution in [0.3, 0.4) is 0 Å². The molecule has 1 saturated heterocycles. The van der Waals surface area contributed by atoms with Gasteiger partial charge in [0, 0.05) is 50.9 Å². The quantitative estimate of drug-likeness (QED) is 0.301. The second-order valence-electron chi connectivity index (χ2n) is 8.13. The van der Waals surface area contributed by atoms with Gasteiger partial charge in [0.2, 0.25) is 0 Å². The van der Waals surface area contributed by atoms with E-state index in [4.69, 9.17) is 9.73 Å². The number of rotatable bonds is 9. The van der Waals surface area contributed by atoms with E-state index >= 15 is 0 Å². The van der Waals surface area contributed by atoms with Gasteiger partial charge in [-0.3, -0.25) is 4.90 Å². The van der Waals surface area contributed by atoms with Crippen molar-refractivity contribution in [2.45, 2.75) is 39.3 Å². The monoisotopic (exact) mass is 515 g/mol. The van der Waals surface area contributed by atoms with Gasteiger partial charge in [0.25, 0.3) is 0 Å². The van der Waals surface area contributed by atoms with Gasteiger partial charge in [0.15, 0.2) is 5.96 Å². The Balaban J connectivity index is 0.00000300. The Labute approximate surface area is 193 Å². The van der Waals surface area contributed by atoms with E-state index in [9.17, 15) is 0 Å². The van der Waals surface area contributed by atoms with Crippen LogP contribution < -0.4 is 15.4 Å². The summed E-state index contributed by atoms with van der Waals surface area (Å²) in [5.74, 6) is 2.60. The number of hydrogen-bond donors (Lipinski definition) is 2. The Morgan fingerprint density at radius 2 is 1.90 bits per heavy atom. The molecule has 29 heavy (non-hydrogen) atoms. The summed E-state index contributed by atoms with van der Waals surface area (Å²) in [5, 5.41) is 6.89. The van der Waals surface area contributed by atoms with Crippen LogP contribution in [0, 0.1) is 5.92 Å². The van der Waals surface area contributed by atoms with Crippen molar-refractivity contribution in [3.8, 4) is 5.75 Å². The van der Waals surface area contributed by atoms with Gasteiger partial charge in [-0.2, -0.15) is 0 Å². The minimum atomic E-state index is 0. The third-order valence-corrected chi connectivity index (χ3v) is 5.62. The molecule has 0 radical (unpaired) electrons. The Morgan fingerprint density at radius 3 is 2.59 bits per heavy atom. The molecule has 0 aromatic heterocycles. The maximum absolute atomic E-state index is 6.02. The summed E-state index contributed by atoms with van der Waals surface area (Å²) >= 11 is 0. The predicted octanol–water partition coefficient (Wildman–Crippen LogP) is 2.78. The van der Waals surface area contributed by atoms with Crippen LogP contribution in [0.4, 0.5) is 0 Å². The molecule has 1 unspecified atom stereocenters. The highest BCUT2D eigenvalue weighted by Crippen LogP contribution is 2.30. The highest BCUT2D eigenvalue weighted by atomic mass is 127. The van der Waals surface area contributed by atoms with Gasteiger partial charge in [0.05, 0.1) is 13.2 Å². The Hall–Kier alpha value is -1.06. The van der Waals surface area contributed by atoms with E-state index in [1.54, 1.807) is 0 Å². The molecular formula is C22H38IN5O. The van der Waals surface area contributed by atoms with Crippen LogP contribution in [-0.2, 0) is 6.54 Å². The van der Waals surface area contributed by atoms with E-state index in [1.165, 1.54) is 12.8 Å². The number of para-hydroxylation sites is 1. The molecule has 1 heterocycles. The van der Waals surface area contributed by atoms with Gasteiger partial charge in [0.1, 0.15) is 5.75 Å². The lowest BCUT2D eigenvalue weighted by Gasteiger charge is -2.36. The van der Waals surface area contributed by atoms with Crippen LogP contribution in [0.1, 0.15) is 32.3 Å². The number of ether oxygens (including phenoxy) is 1. The summed E-state index contributed by atoms with van der Waals surface area (Å²) in [6.07, 6.45) is 2.61. The molecule has 7 heteroatoms. The summed E-state index contributed by atoms with van der Waals surface area (Å²) in [6, 6.07) is 8.76. The first kappa shape index (κ1) is 24.2. The van der Waals surface area contributed by atoms with E-state index < -0.39 is 0 Å². The summed E-state index contributed by atoms with van der Waals surface area (Å²) in [7, 11) is 2.20. The van der Waals surface area contributed by atoms with Crippen LogP contribution >= 0.6 is 24.0 Å². The van der Waals surface area contributed by atoms with E-state index in [0.29, 0.717) is 12.6 Å². The van der Waals surface area contributed by atoms with Crippen molar-refractivity contribution in [1.82, 2.24) is 20.4 Å². The second-order valence-corrected chi connectivity index (χ2v) is 8.13. The van der Waals surface area contributed by atoms with E-state index in [-0.39, 0.29) is 24.0 Å². The number of nitrogens with one attached hydrogen (secondary N) is 2. The molecule has 1 atom stereocenters. The van der Waals surface area contributed by atoms with Crippen molar-refractivity contribution in [3.05, 3.63) is 29.8 Å². The molecule has 1 saturated carbocycles.